The van der Waals surface area contributed by atoms with Gasteiger partial charge in [0.25, 0.3) is 11.5 Å². The summed E-state index contributed by atoms with van der Waals surface area (Å²) < 4.78 is 3.91. The van der Waals surface area contributed by atoms with Crippen LogP contribution >= 0.6 is 0 Å². The number of β-amino-alcohol motifs (C(OH)–C–C–N with tert-alkyl or cyclic N) is 1. The predicted octanol–water partition coefficient (Wildman–Crippen LogP) is 1.39. The Morgan fingerprint density at radius 3 is 2.58 bits per heavy atom. The molecule has 2 aromatic carbocycles. The Morgan fingerprint density at radius 1 is 1.17 bits per heavy atom. The molecule has 5 rings (SSSR count). The molecule has 2 N–H and O–H groups in total. The molecule has 1 saturated heterocycles. The number of nitrogens with zero attached hydrogens (tertiary/aromatic N) is 4. The lowest BCUT2D eigenvalue weighted by Gasteiger charge is -2.18. The molecular formula is C26H28N4O6. The van der Waals surface area contributed by atoms with Crippen LogP contribution in [-0.2, 0) is 18.4 Å². The lowest BCUT2D eigenvalue weighted by molar-refractivity contribution is -0.0801. The quantitative estimate of drug-likeness (QED) is 0.435. The topological polar surface area (TPSA) is 119 Å². The molecule has 0 bridgehead atoms. The van der Waals surface area contributed by atoms with Crippen LogP contribution in [0, 0.1) is 0 Å². The minimum absolute atomic E-state index is 0.0510. The highest BCUT2D eigenvalue weighted by Crippen LogP contribution is 2.27. The number of aromatic nitrogens is 3. The van der Waals surface area contributed by atoms with Crippen molar-refractivity contribution < 1.29 is 19.8 Å². The number of carbonyl (C=O) groups is 1. The van der Waals surface area contributed by atoms with Crippen molar-refractivity contribution in [3.8, 4) is 0 Å². The number of benzene rings is 2. The minimum Gasteiger partial charge on any atom is -0.394 e. The fraction of sp³-hybridized carbons (Fsp3) is 0.346. The van der Waals surface area contributed by atoms with Crippen molar-refractivity contribution in [2.75, 3.05) is 19.8 Å². The van der Waals surface area contributed by atoms with Crippen molar-refractivity contribution in [3.05, 3.63) is 80.8 Å². The number of hydroxylamine groups is 2. The molecule has 1 amide bonds. The highest BCUT2D eigenvalue weighted by Gasteiger charge is 2.38. The maximum atomic E-state index is 13.8. The van der Waals surface area contributed by atoms with Crippen molar-refractivity contribution >= 4 is 27.6 Å². The summed E-state index contributed by atoms with van der Waals surface area (Å²) in [7, 11) is 1.35. The first-order chi connectivity index (χ1) is 17.1. The lowest BCUT2D eigenvalue weighted by atomic mass is 10.0. The van der Waals surface area contributed by atoms with E-state index < -0.39 is 28.8 Å². The van der Waals surface area contributed by atoms with Gasteiger partial charge in [0.05, 0.1) is 30.1 Å². The normalized spacial score (nSPS) is 18.9. The van der Waals surface area contributed by atoms with Crippen LogP contribution in [-0.4, -0.2) is 60.2 Å². The van der Waals surface area contributed by atoms with E-state index in [1.165, 1.54) is 11.6 Å². The van der Waals surface area contributed by atoms with Crippen molar-refractivity contribution in [3.63, 3.8) is 0 Å². The molecule has 36 heavy (non-hydrogen) atoms. The molecule has 2 aromatic heterocycles. The van der Waals surface area contributed by atoms with Gasteiger partial charge in [-0.15, -0.1) is 0 Å². The van der Waals surface area contributed by atoms with Crippen LogP contribution in [0.25, 0.3) is 21.7 Å². The zero-order valence-electron chi connectivity index (χ0n) is 20.3. The van der Waals surface area contributed by atoms with Gasteiger partial charge in [0.1, 0.15) is 17.9 Å². The minimum atomic E-state index is -1.23. The zero-order valence-corrected chi connectivity index (χ0v) is 20.3. The molecule has 1 aliphatic heterocycles. The maximum Gasteiger partial charge on any atom is 0.331 e. The van der Waals surface area contributed by atoms with Crippen molar-refractivity contribution in [1.29, 1.82) is 0 Å². The fourth-order valence-corrected chi connectivity index (χ4v) is 4.80. The Bertz CT molecular complexity index is 1610. The molecule has 3 heterocycles. The first-order valence-corrected chi connectivity index (χ1v) is 11.7. The van der Waals surface area contributed by atoms with Gasteiger partial charge in [0, 0.05) is 19.8 Å². The average molecular weight is 493 g/mol. The summed E-state index contributed by atoms with van der Waals surface area (Å²) in [5.41, 5.74) is -1.22. The van der Waals surface area contributed by atoms with E-state index in [4.69, 9.17) is 4.84 Å². The smallest absolute Gasteiger partial charge is 0.331 e. The van der Waals surface area contributed by atoms with Crippen LogP contribution in [0.4, 0.5) is 0 Å². The van der Waals surface area contributed by atoms with E-state index in [0.29, 0.717) is 0 Å². The number of hydrogen-bond donors (Lipinski definition) is 2. The molecule has 188 valence electrons. The van der Waals surface area contributed by atoms with Crippen LogP contribution < -0.4 is 11.2 Å². The van der Waals surface area contributed by atoms with E-state index in [1.54, 1.807) is 24.6 Å². The van der Waals surface area contributed by atoms with Gasteiger partial charge in [0.2, 0.25) is 0 Å². The van der Waals surface area contributed by atoms with Crippen LogP contribution in [0.1, 0.15) is 35.9 Å². The molecule has 2 atom stereocenters. The largest absolute Gasteiger partial charge is 0.394 e. The van der Waals surface area contributed by atoms with Gasteiger partial charge in [-0.25, -0.2) is 9.86 Å². The first-order valence-electron chi connectivity index (χ1n) is 11.7. The Balaban J connectivity index is 1.79. The first kappa shape index (κ1) is 24.0. The van der Waals surface area contributed by atoms with E-state index in [-0.39, 0.29) is 42.9 Å². The number of hydrogen-bond acceptors (Lipinski definition) is 6. The Labute approximate surface area is 206 Å². The SMILES string of the molecule is CC(CO)n1c(=O)n(C)c(=O)c2c(C(=O)N3CC(C)(O)CO3)n(Cc3cccc4ccccc34)cc21. The summed E-state index contributed by atoms with van der Waals surface area (Å²) in [6.45, 7) is 3.00. The third-order valence-electron chi connectivity index (χ3n) is 6.70. The van der Waals surface area contributed by atoms with Crippen LogP contribution in [0.5, 0.6) is 0 Å². The molecule has 0 aliphatic carbocycles. The molecule has 0 saturated carbocycles. The molecule has 0 spiro atoms. The second kappa shape index (κ2) is 8.74. The molecule has 2 unspecified atom stereocenters. The molecular weight excluding hydrogens is 464 g/mol. The predicted molar refractivity (Wildman–Crippen MR) is 134 cm³/mol. The molecule has 4 aromatic rings. The van der Waals surface area contributed by atoms with Crippen LogP contribution in [0.2, 0.25) is 0 Å². The van der Waals surface area contributed by atoms with Gasteiger partial charge < -0.3 is 14.8 Å². The zero-order chi connectivity index (χ0) is 25.8. The Morgan fingerprint density at radius 2 is 1.89 bits per heavy atom. The van der Waals surface area contributed by atoms with Gasteiger partial charge in [-0.3, -0.25) is 23.6 Å². The summed E-state index contributed by atoms with van der Waals surface area (Å²) >= 11 is 0. The van der Waals surface area contributed by atoms with Gasteiger partial charge >= 0.3 is 5.69 Å². The summed E-state index contributed by atoms with van der Waals surface area (Å²) in [5.74, 6) is -0.595. The van der Waals surface area contributed by atoms with Crippen LogP contribution in [0.15, 0.2) is 58.3 Å². The number of aliphatic hydroxyl groups excluding tert-OH is 1. The van der Waals surface area contributed by atoms with E-state index in [0.717, 1.165) is 26.0 Å². The molecule has 10 nitrogen and oxygen atoms in total. The second-order valence-electron chi connectivity index (χ2n) is 9.66. The van der Waals surface area contributed by atoms with Crippen molar-refractivity contribution in [1.82, 2.24) is 18.8 Å². The van der Waals surface area contributed by atoms with Crippen molar-refractivity contribution in [2.24, 2.45) is 7.05 Å². The van der Waals surface area contributed by atoms with Gasteiger partial charge in [0.15, 0.2) is 0 Å². The lowest BCUT2D eigenvalue weighted by Crippen LogP contribution is -2.40. The molecule has 1 fully saturated rings. The van der Waals surface area contributed by atoms with E-state index >= 15 is 0 Å². The van der Waals surface area contributed by atoms with Crippen molar-refractivity contribution in [2.45, 2.75) is 32.0 Å². The summed E-state index contributed by atoms with van der Waals surface area (Å²) in [4.78, 5) is 45.6. The number of aliphatic hydroxyl groups is 2. The number of rotatable bonds is 5. The standard InChI is InChI=1S/C26H28N4O6/c1-16(13-31)30-20-12-28(11-18-9-6-8-17-7-4-5-10-19(17)18)22(21(20)23(32)27(3)25(30)34)24(33)29-14-26(2,35)15-36-29/h4-10,12,16,31,35H,11,13-15H2,1-3H3. The Kier molecular flexibility index (Phi) is 5.82. The molecule has 0 radical (unpaired) electrons. The number of carbonyl (C=O) groups excluding carboxylic acids is 1. The third kappa shape index (κ3) is 3.83. The summed E-state index contributed by atoms with van der Waals surface area (Å²) in [5, 5.41) is 23.3. The molecule has 1 aliphatic rings. The maximum absolute atomic E-state index is 13.8. The van der Waals surface area contributed by atoms with Gasteiger partial charge in [-0.05, 0) is 30.2 Å². The number of amides is 1. The van der Waals surface area contributed by atoms with E-state index in [2.05, 4.69) is 0 Å². The second-order valence-corrected chi connectivity index (χ2v) is 9.66. The highest BCUT2D eigenvalue weighted by molar-refractivity contribution is 6.05. The Hall–Kier alpha value is -3.73. The molecule has 10 heteroatoms. The van der Waals surface area contributed by atoms with Gasteiger partial charge in [-0.2, -0.15) is 0 Å². The summed E-state index contributed by atoms with van der Waals surface area (Å²) in [6, 6.07) is 13.1. The monoisotopic (exact) mass is 492 g/mol. The average Bonchev–Trinajstić information content (AvgIpc) is 3.42. The highest BCUT2D eigenvalue weighted by atomic mass is 16.7. The number of fused-ring (bicyclic) bond motifs is 2. The van der Waals surface area contributed by atoms with E-state index in [1.807, 2.05) is 42.5 Å². The summed E-state index contributed by atoms with van der Waals surface area (Å²) in [6.07, 6.45) is 1.60. The van der Waals surface area contributed by atoms with E-state index in [9.17, 15) is 24.6 Å². The fourth-order valence-electron chi connectivity index (χ4n) is 4.80. The third-order valence-corrected chi connectivity index (χ3v) is 6.70. The van der Waals surface area contributed by atoms with Crippen LogP contribution in [0.3, 0.4) is 0 Å². The van der Waals surface area contributed by atoms with Gasteiger partial charge in [-0.1, -0.05) is 42.5 Å².